The molecule has 0 radical (unpaired) electrons. The Hall–Kier alpha value is -1.37. The molecule has 0 aliphatic carbocycles. The molecule has 1 aromatic rings. The van der Waals surface area contributed by atoms with E-state index in [9.17, 15) is 18.0 Å². The first kappa shape index (κ1) is 16.7. The van der Waals surface area contributed by atoms with Gasteiger partial charge in [0, 0.05) is 11.4 Å². The first-order valence-electron chi connectivity index (χ1n) is 6.26. The first-order chi connectivity index (χ1) is 9.42. The molecule has 1 aromatic carbocycles. The Kier molecular flexibility index (Phi) is 6.70. The third-order valence-electron chi connectivity index (χ3n) is 2.34. The molecule has 0 unspecified atom stereocenters. The van der Waals surface area contributed by atoms with Crippen LogP contribution in [0.4, 0.5) is 23.7 Å². The number of amides is 2. The van der Waals surface area contributed by atoms with Crippen molar-refractivity contribution < 1.29 is 18.0 Å². The van der Waals surface area contributed by atoms with Gasteiger partial charge in [-0.1, -0.05) is 25.5 Å². The molecule has 0 bridgehead atoms. The summed E-state index contributed by atoms with van der Waals surface area (Å²) in [6.07, 6.45) is -2.42. The smallest absolute Gasteiger partial charge is 0.338 e. The van der Waals surface area contributed by atoms with Crippen LogP contribution >= 0.6 is 11.8 Å². The zero-order valence-electron chi connectivity index (χ0n) is 11.1. The molecule has 1 rings (SSSR count). The summed E-state index contributed by atoms with van der Waals surface area (Å²) < 4.78 is 36.7. The van der Waals surface area contributed by atoms with Crippen molar-refractivity contribution >= 4 is 23.5 Å². The number of urea groups is 1. The van der Waals surface area contributed by atoms with Crippen molar-refractivity contribution in [1.82, 2.24) is 5.32 Å². The van der Waals surface area contributed by atoms with Gasteiger partial charge in [-0.3, -0.25) is 0 Å². The van der Waals surface area contributed by atoms with Gasteiger partial charge in [-0.25, -0.2) is 4.79 Å². The highest BCUT2D eigenvalue weighted by molar-refractivity contribution is 7.99. The molecule has 0 spiro atoms. The minimum Gasteiger partial charge on any atom is -0.338 e. The van der Waals surface area contributed by atoms with Crippen LogP contribution in [0.5, 0.6) is 0 Å². The van der Waals surface area contributed by atoms with E-state index in [4.69, 9.17) is 0 Å². The van der Waals surface area contributed by atoms with E-state index in [0.29, 0.717) is 28.9 Å². The fourth-order valence-corrected chi connectivity index (χ4v) is 2.17. The number of alkyl halides is 3. The Balaban J connectivity index is 2.58. The van der Waals surface area contributed by atoms with Gasteiger partial charge in [-0.05, 0) is 18.6 Å². The molecule has 0 aliphatic rings. The molecular weight excluding hydrogens is 289 g/mol. The summed E-state index contributed by atoms with van der Waals surface area (Å²) >= 11 is 0.657. The fraction of sp³-hybridized carbons (Fsp3) is 0.462. The molecule has 0 aliphatic heterocycles. The lowest BCUT2D eigenvalue weighted by molar-refractivity contribution is -0.105. The van der Waals surface area contributed by atoms with E-state index < -0.39 is 18.0 Å². The van der Waals surface area contributed by atoms with Gasteiger partial charge in [0.05, 0.1) is 11.4 Å². The summed E-state index contributed by atoms with van der Waals surface area (Å²) in [5.74, 6) is -0.983. The van der Waals surface area contributed by atoms with Crippen LogP contribution in [-0.4, -0.2) is 24.5 Å². The molecule has 0 heterocycles. The molecule has 0 aromatic heterocycles. The molecule has 3 nitrogen and oxygen atoms in total. The number of carbonyl (C=O) groups is 1. The molecule has 2 N–H and O–H groups in total. The number of hydrogen-bond acceptors (Lipinski definition) is 2. The van der Waals surface area contributed by atoms with Gasteiger partial charge >= 0.3 is 12.2 Å². The largest absolute Gasteiger partial charge is 0.398 e. The normalized spacial score (nSPS) is 11.2. The molecule has 112 valence electrons. The van der Waals surface area contributed by atoms with Crippen LogP contribution in [0.25, 0.3) is 0 Å². The fourth-order valence-electron chi connectivity index (χ4n) is 1.40. The van der Waals surface area contributed by atoms with E-state index in [-0.39, 0.29) is 0 Å². The van der Waals surface area contributed by atoms with Crippen molar-refractivity contribution in [1.29, 1.82) is 0 Å². The molecule has 0 atom stereocenters. The highest BCUT2D eigenvalue weighted by atomic mass is 32.2. The van der Waals surface area contributed by atoms with E-state index in [2.05, 4.69) is 10.6 Å². The van der Waals surface area contributed by atoms with Crippen LogP contribution in [0.2, 0.25) is 0 Å². The Bertz CT molecular complexity index is 438. The lowest BCUT2D eigenvalue weighted by Crippen LogP contribution is -2.29. The van der Waals surface area contributed by atoms with E-state index >= 15 is 0 Å². The number of hydrogen-bond donors (Lipinski definition) is 2. The standard InChI is InChI=1S/C13H17F3N2OS/c1-2-3-8-17-12(19)18-10-6-4-5-7-11(10)20-9-13(14,15)16/h4-7H,2-3,8-9H2,1H3,(H2,17,18,19). The topological polar surface area (TPSA) is 41.1 Å². The number of halogens is 3. The zero-order valence-corrected chi connectivity index (χ0v) is 11.9. The van der Waals surface area contributed by atoms with Crippen molar-refractivity contribution in [3.63, 3.8) is 0 Å². The Morgan fingerprint density at radius 3 is 2.65 bits per heavy atom. The van der Waals surface area contributed by atoms with Gasteiger partial charge in [0.2, 0.25) is 0 Å². The maximum absolute atomic E-state index is 12.2. The van der Waals surface area contributed by atoms with Gasteiger partial charge < -0.3 is 10.6 Å². The van der Waals surface area contributed by atoms with Crippen molar-refractivity contribution in [2.75, 3.05) is 17.6 Å². The van der Waals surface area contributed by atoms with E-state index in [1.165, 1.54) is 0 Å². The number of carbonyl (C=O) groups excluding carboxylic acids is 1. The summed E-state index contributed by atoms with van der Waals surface area (Å²) in [6.45, 7) is 2.54. The third kappa shape index (κ3) is 6.70. The van der Waals surface area contributed by atoms with Gasteiger partial charge in [0.25, 0.3) is 0 Å². The van der Waals surface area contributed by atoms with Crippen molar-refractivity contribution in [2.24, 2.45) is 0 Å². The summed E-state index contributed by atoms with van der Waals surface area (Å²) in [4.78, 5) is 12.0. The van der Waals surface area contributed by atoms with E-state index in [1.807, 2.05) is 6.92 Å². The van der Waals surface area contributed by atoms with Crippen LogP contribution in [0.1, 0.15) is 19.8 Å². The highest BCUT2D eigenvalue weighted by Crippen LogP contribution is 2.31. The van der Waals surface area contributed by atoms with E-state index in [1.54, 1.807) is 24.3 Å². The second-order valence-corrected chi connectivity index (χ2v) is 5.15. The van der Waals surface area contributed by atoms with Crippen LogP contribution in [0.3, 0.4) is 0 Å². The van der Waals surface area contributed by atoms with Gasteiger partial charge in [-0.15, -0.1) is 11.8 Å². The molecule has 2 amide bonds. The first-order valence-corrected chi connectivity index (χ1v) is 7.24. The van der Waals surface area contributed by atoms with Crippen LogP contribution in [-0.2, 0) is 0 Å². The molecule has 0 fully saturated rings. The number of unbranched alkanes of at least 4 members (excludes halogenated alkanes) is 1. The maximum atomic E-state index is 12.2. The molecular formula is C13H17F3N2OS. The number of para-hydroxylation sites is 1. The lowest BCUT2D eigenvalue weighted by Gasteiger charge is -2.12. The summed E-state index contributed by atoms with van der Waals surface area (Å²) in [5.41, 5.74) is 0.385. The third-order valence-corrected chi connectivity index (χ3v) is 3.48. The van der Waals surface area contributed by atoms with Crippen molar-refractivity contribution in [2.45, 2.75) is 30.8 Å². The summed E-state index contributed by atoms with van der Waals surface area (Å²) in [7, 11) is 0. The molecule has 0 saturated heterocycles. The Labute approximate surface area is 120 Å². The Morgan fingerprint density at radius 2 is 2.00 bits per heavy atom. The second-order valence-electron chi connectivity index (χ2n) is 4.13. The predicted molar refractivity (Wildman–Crippen MR) is 75.2 cm³/mol. The molecule has 20 heavy (non-hydrogen) atoms. The average Bonchev–Trinajstić information content (AvgIpc) is 2.37. The van der Waals surface area contributed by atoms with Crippen LogP contribution in [0.15, 0.2) is 29.2 Å². The molecule has 7 heteroatoms. The number of thioether (sulfide) groups is 1. The second kappa shape index (κ2) is 8.04. The number of anilines is 1. The van der Waals surface area contributed by atoms with Gasteiger partial charge in [0.15, 0.2) is 0 Å². The maximum Gasteiger partial charge on any atom is 0.398 e. The lowest BCUT2D eigenvalue weighted by atomic mass is 10.3. The summed E-state index contributed by atoms with van der Waals surface area (Å²) in [5, 5.41) is 5.22. The number of rotatable bonds is 6. The van der Waals surface area contributed by atoms with Crippen molar-refractivity contribution in [3.05, 3.63) is 24.3 Å². The SMILES string of the molecule is CCCCNC(=O)Nc1ccccc1SCC(F)(F)F. The van der Waals surface area contributed by atoms with E-state index in [0.717, 1.165) is 12.8 Å². The monoisotopic (exact) mass is 306 g/mol. The minimum absolute atomic E-state index is 0.385. The van der Waals surface area contributed by atoms with Crippen LogP contribution < -0.4 is 10.6 Å². The quantitative estimate of drug-likeness (QED) is 0.609. The number of benzene rings is 1. The van der Waals surface area contributed by atoms with Gasteiger partial charge in [-0.2, -0.15) is 13.2 Å². The predicted octanol–water partition coefficient (Wildman–Crippen LogP) is 4.26. The van der Waals surface area contributed by atoms with Crippen molar-refractivity contribution in [3.8, 4) is 0 Å². The zero-order chi connectivity index (χ0) is 15.0. The number of nitrogens with one attached hydrogen (secondary N) is 2. The summed E-state index contributed by atoms with van der Waals surface area (Å²) in [6, 6.07) is 6.03. The molecule has 0 saturated carbocycles. The highest BCUT2D eigenvalue weighted by Gasteiger charge is 2.27. The Morgan fingerprint density at radius 1 is 1.30 bits per heavy atom. The van der Waals surface area contributed by atoms with Gasteiger partial charge in [0.1, 0.15) is 0 Å². The van der Waals surface area contributed by atoms with Crippen LogP contribution in [0, 0.1) is 0 Å². The minimum atomic E-state index is -4.23. The average molecular weight is 306 g/mol.